The quantitative estimate of drug-likeness (QED) is 0.850. The van der Waals surface area contributed by atoms with Crippen molar-refractivity contribution in [1.29, 1.82) is 0 Å². The summed E-state index contributed by atoms with van der Waals surface area (Å²) in [6.07, 6.45) is 4.24. The molecule has 0 saturated heterocycles. The first-order valence-corrected chi connectivity index (χ1v) is 5.72. The number of aliphatic hydroxyl groups is 1. The maximum atomic E-state index is 9.99. The summed E-state index contributed by atoms with van der Waals surface area (Å²) in [5.41, 5.74) is 0.546. The summed E-state index contributed by atoms with van der Waals surface area (Å²) in [5, 5.41) is 17.7. The molecule has 1 N–H and O–H groups in total. The van der Waals surface area contributed by atoms with Crippen molar-refractivity contribution in [3.8, 4) is 5.88 Å². The van der Waals surface area contributed by atoms with Crippen molar-refractivity contribution in [2.24, 2.45) is 7.05 Å². The average molecular weight is 248 g/mol. The molecule has 2 heterocycles. The lowest BCUT2D eigenvalue weighted by atomic mass is 10.1. The molecule has 0 saturated carbocycles. The van der Waals surface area contributed by atoms with E-state index in [4.69, 9.17) is 4.74 Å². The molecule has 96 valence electrons. The van der Waals surface area contributed by atoms with Gasteiger partial charge in [-0.05, 0) is 12.5 Å². The Bertz CT molecular complexity index is 495. The molecule has 6 nitrogen and oxygen atoms in total. The Morgan fingerprint density at radius 3 is 2.78 bits per heavy atom. The van der Waals surface area contributed by atoms with Crippen LogP contribution in [-0.2, 0) is 13.5 Å². The molecule has 2 rings (SSSR count). The third-order valence-electron chi connectivity index (χ3n) is 2.77. The van der Waals surface area contributed by atoms with E-state index in [1.54, 1.807) is 18.3 Å². The van der Waals surface area contributed by atoms with E-state index in [0.717, 1.165) is 5.82 Å². The van der Waals surface area contributed by atoms with Gasteiger partial charge in [0, 0.05) is 31.9 Å². The summed E-state index contributed by atoms with van der Waals surface area (Å²) in [6, 6.07) is 3.40. The lowest BCUT2D eigenvalue weighted by Crippen LogP contribution is -2.06. The molecule has 0 bridgehead atoms. The number of methoxy groups -OCH3 is 1. The zero-order chi connectivity index (χ0) is 13.0. The van der Waals surface area contributed by atoms with Crippen molar-refractivity contribution in [3.05, 3.63) is 36.0 Å². The first-order valence-electron chi connectivity index (χ1n) is 5.72. The van der Waals surface area contributed by atoms with Gasteiger partial charge in [-0.3, -0.25) is 0 Å². The van der Waals surface area contributed by atoms with E-state index in [0.29, 0.717) is 24.4 Å². The zero-order valence-electron chi connectivity index (χ0n) is 10.4. The van der Waals surface area contributed by atoms with Gasteiger partial charge in [-0.1, -0.05) is 0 Å². The van der Waals surface area contributed by atoms with Crippen LogP contribution in [0.1, 0.15) is 24.0 Å². The van der Waals surface area contributed by atoms with E-state index in [2.05, 4.69) is 15.2 Å². The Morgan fingerprint density at radius 1 is 1.39 bits per heavy atom. The Morgan fingerprint density at radius 2 is 2.22 bits per heavy atom. The van der Waals surface area contributed by atoms with Crippen LogP contribution in [0.3, 0.4) is 0 Å². The Kier molecular flexibility index (Phi) is 3.88. The Balaban J connectivity index is 1.94. The summed E-state index contributed by atoms with van der Waals surface area (Å²) < 4.78 is 6.85. The number of aromatic nitrogens is 4. The second-order valence-electron chi connectivity index (χ2n) is 4.01. The first-order chi connectivity index (χ1) is 8.70. The van der Waals surface area contributed by atoms with Gasteiger partial charge in [-0.2, -0.15) is 0 Å². The van der Waals surface area contributed by atoms with Crippen LogP contribution in [-0.4, -0.2) is 32.0 Å². The van der Waals surface area contributed by atoms with Gasteiger partial charge >= 0.3 is 0 Å². The predicted molar refractivity (Wildman–Crippen MR) is 65.1 cm³/mol. The van der Waals surface area contributed by atoms with Crippen molar-refractivity contribution >= 4 is 0 Å². The maximum absolute atomic E-state index is 9.99. The van der Waals surface area contributed by atoms with E-state index in [-0.39, 0.29) is 0 Å². The van der Waals surface area contributed by atoms with Crippen LogP contribution >= 0.6 is 0 Å². The number of nitrogens with zero attached hydrogens (tertiary/aromatic N) is 4. The van der Waals surface area contributed by atoms with Crippen molar-refractivity contribution < 1.29 is 9.84 Å². The molecule has 6 heteroatoms. The van der Waals surface area contributed by atoms with E-state index in [1.165, 1.54) is 7.11 Å². The van der Waals surface area contributed by atoms with E-state index in [1.807, 2.05) is 17.8 Å². The molecule has 1 atom stereocenters. The minimum atomic E-state index is -0.639. The van der Waals surface area contributed by atoms with Crippen LogP contribution in [0.2, 0.25) is 0 Å². The molecule has 0 aromatic carbocycles. The van der Waals surface area contributed by atoms with Gasteiger partial charge in [0.25, 0.3) is 0 Å². The minimum absolute atomic E-state index is 0.440. The predicted octanol–water partition coefficient (Wildman–Crippen LogP) is 0.885. The number of aliphatic hydroxyl groups excluding tert-OH is 1. The highest BCUT2D eigenvalue weighted by atomic mass is 16.5. The van der Waals surface area contributed by atoms with Crippen LogP contribution in [0.5, 0.6) is 5.88 Å². The molecule has 2 aromatic heterocycles. The highest BCUT2D eigenvalue weighted by Gasteiger charge is 2.11. The Labute approximate surface area is 105 Å². The summed E-state index contributed by atoms with van der Waals surface area (Å²) in [4.78, 5) is 4.20. The van der Waals surface area contributed by atoms with Gasteiger partial charge in [0.05, 0.1) is 18.9 Å². The zero-order valence-corrected chi connectivity index (χ0v) is 10.4. The second kappa shape index (κ2) is 5.59. The summed E-state index contributed by atoms with van der Waals surface area (Å²) in [6.45, 7) is 0. The highest BCUT2D eigenvalue weighted by molar-refractivity contribution is 5.13. The summed E-state index contributed by atoms with van der Waals surface area (Å²) in [5.74, 6) is 1.38. The van der Waals surface area contributed by atoms with Crippen molar-refractivity contribution in [2.45, 2.75) is 18.9 Å². The largest absolute Gasteiger partial charge is 0.480 e. The van der Waals surface area contributed by atoms with Crippen molar-refractivity contribution in [3.63, 3.8) is 0 Å². The monoisotopic (exact) mass is 248 g/mol. The van der Waals surface area contributed by atoms with Crippen LogP contribution in [0.25, 0.3) is 0 Å². The van der Waals surface area contributed by atoms with Gasteiger partial charge in [0.1, 0.15) is 5.82 Å². The number of rotatable bonds is 5. The van der Waals surface area contributed by atoms with Gasteiger partial charge < -0.3 is 14.4 Å². The molecule has 0 radical (unpaired) electrons. The lowest BCUT2D eigenvalue weighted by Gasteiger charge is -2.09. The first kappa shape index (κ1) is 12.5. The third kappa shape index (κ3) is 2.84. The van der Waals surface area contributed by atoms with Crippen LogP contribution in [0.15, 0.2) is 24.5 Å². The molecule has 0 fully saturated rings. The lowest BCUT2D eigenvalue weighted by molar-refractivity contribution is 0.160. The minimum Gasteiger partial charge on any atom is -0.480 e. The van der Waals surface area contributed by atoms with Crippen LogP contribution in [0.4, 0.5) is 0 Å². The summed E-state index contributed by atoms with van der Waals surface area (Å²) >= 11 is 0. The highest BCUT2D eigenvalue weighted by Crippen LogP contribution is 2.17. The van der Waals surface area contributed by atoms with Crippen molar-refractivity contribution in [1.82, 2.24) is 19.7 Å². The number of imidazole rings is 1. The van der Waals surface area contributed by atoms with Crippen LogP contribution in [0, 0.1) is 0 Å². The fraction of sp³-hybridized carbons (Fsp3) is 0.417. The normalized spacial score (nSPS) is 12.4. The summed E-state index contributed by atoms with van der Waals surface area (Å²) in [7, 11) is 3.46. The average Bonchev–Trinajstić information content (AvgIpc) is 2.81. The topological polar surface area (TPSA) is 73.1 Å². The molecular weight excluding hydrogens is 232 g/mol. The Hall–Kier alpha value is -1.95. The number of hydrogen-bond acceptors (Lipinski definition) is 5. The van der Waals surface area contributed by atoms with Gasteiger partial charge in [0.15, 0.2) is 0 Å². The molecular formula is C12H16N4O2. The molecule has 0 aliphatic heterocycles. The maximum Gasteiger partial charge on any atom is 0.233 e. The van der Waals surface area contributed by atoms with E-state index < -0.39 is 6.10 Å². The molecule has 0 amide bonds. The molecule has 18 heavy (non-hydrogen) atoms. The van der Waals surface area contributed by atoms with Crippen molar-refractivity contribution in [2.75, 3.05) is 7.11 Å². The van der Waals surface area contributed by atoms with Gasteiger partial charge in [-0.15, -0.1) is 10.2 Å². The number of hydrogen-bond donors (Lipinski definition) is 1. The molecule has 1 unspecified atom stereocenters. The molecule has 0 spiro atoms. The SMILES string of the molecule is COc1ccc(C(O)CCc2nccn2C)nn1. The molecule has 0 aliphatic carbocycles. The van der Waals surface area contributed by atoms with E-state index >= 15 is 0 Å². The van der Waals surface area contributed by atoms with Gasteiger partial charge in [-0.25, -0.2) is 4.98 Å². The third-order valence-corrected chi connectivity index (χ3v) is 2.77. The standard InChI is InChI=1S/C12H16N4O2/c1-16-8-7-13-11(16)5-4-10(17)9-3-6-12(18-2)15-14-9/h3,6-8,10,17H,4-5H2,1-2H3. The molecule has 2 aromatic rings. The molecule has 0 aliphatic rings. The number of ether oxygens (including phenoxy) is 1. The smallest absolute Gasteiger partial charge is 0.233 e. The second-order valence-corrected chi connectivity index (χ2v) is 4.01. The fourth-order valence-corrected chi connectivity index (χ4v) is 1.67. The van der Waals surface area contributed by atoms with Gasteiger partial charge in [0.2, 0.25) is 5.88 Å². The fourth-order valence-electron chi connectivity index (χ4n) is 1.67. The number of aryl methyl sites for hydroxylation is 2. The van der Waals surface area contributed by atoms with E-state index in [9.17, 15) is 5.11 Å². The van der Waals surface area contributed by atoms with Crippen LogP contribution < -0.4 is 4.74 Å².